The average molecular weight is 323 g/mol. The molecule has 0 saturated carbocycles. The third-order valence-electron chi connectivity index (χ3n) is 3.13. The van der Waals surface area contributed by atoms with Crippen LogP contribution in [-0.4, -0.2) is 28.6 Å². The third kappa shape index (κ3) is 6.16. The molecule has 0 atom stereocenters. The van der Waals surface area contributed by atoms with Gasteiger partial charge in [0, 0.05) is 25.9 Å². The van der Waals surface area contributed by atoms with Crippen LogP contribution in [0.25, 0.3) is 0 Å². The van der Waals surface area contributed by atoms with Crippen molar-refractivity contribution in [2.75, 3.05) is 19.8 Å². The van der Waals surface area contributed by atoms with Gasteiger partial charge in [-0.3, -0.25) is 0 Å². The average Bonchev–Trinajstić information content (AvgIpc) is 2.50. The van der Waals surface area contributed by atoms with Crippen molar-refractivity contribution in [2.45, 2.75) is 39.7 Å². The number of nitrogens with zero attached hydrogens (tertiary/aromatic N) is 1. The van der Waals surface area contributed by atoms with Gasteiger partial charge in [-0.05, 0) is 51.3 Å². The van der Waals surface area contributed by atoms with Crippen molar-refractivity contribution < 1.29 is 18.0 Å². The largest absolute Gasteiger partial charge is 0.500 e. The molecule has 0 aliphatic heterocycles. The first-order chi connectivity index (χ1) is 10.7. The van der Waals surface area contributed by atoms with E-state index in [0.717, 1.165) is 18.9 Å². The van der Waals surface area contributed by atoms with Gasteiger partial charge in [-0.15, -0.1) is 5.26 Å². The number of nitriles is 1. The molecule has 0 amide bonds. The van der Waals surface area contributed by atoms with Gasteiger partial charge in [-0.25, -0.2) is 0 Å². The lowest BCUT2D eigenvalue weighted by molar-refractivity contribution is 0.0708. The number of hydrogen-bond donors (Lipinski definition) is 0. The minimum absolute atomic E-state index is 0.563. The quantitative estimate of drug-likeness (QED) is 0.460. The summed E-state index contributed by atoms with van der Waals surface area (Å²) < 4.78 is 22.3. The van der Waals surface area contributed by atoms with E-state index in [9.17, 15) is 0 Å². The van der Waals surface area contributed by atoms with Crippen LogP contribution < -0.4 is 4.74 Å². The first-order valence-corrected chi connectivity index (χ1v) is 9.69. The number of hydrogen-bond acceptors (Lipinski definition) is 5. The van der Waals surface area contributed by atoms with Crippen molar-refractivity contribution in [1.82, 2.24) is 0 Å². The van der Waals surface area contributed by atoms with E-state index in [4.69, 9.17) is 23.3 Å². The molecule has 0 fully saturated rings. The molecule has 0 radical (unpaired) electrons. The summed E-state index contributed by atoms with van der Waals surface area (Å²) in [6.07, 6.45) is 3.51. The monoisotopic (exact) mass is 323 g/mol. The zero-order valence-electron chi connectivity index (χ0n) is 13.6. The van der Waals surface area contributed by atoms with Crippen LogP contribution in [0.3, 0.4) is 0 Å². The van der Waals surface area contributed by atoms with Crippen molar-refractivity contribution in [3.63, 3.8) is 0 Å². The van der Waals surface area contributed by atoms with E-state index in [-0.39, 0.29) is 0 Å². The maximum absolute atomic E-state index is 8.46. The Kier molecular flexibility index (Phi) is 8.78. The molecule has 122 valence electrons. The maximum Gasteiger partial charge on any atom is 0.500 e. The summed E-state index contributed by atoms with van der Waals surface area (Å²) in [5, 5.41) is 8.46. The molecule has 1 rings (SSSR count). The van der Waals surface area contributed by atoms with Crippen molar-refractivity contribution in [3.05, 3.63) is 29.8 Å². The highest BCUT2D eigenvalue weighted by Gasteiger charge is 2.39. The molecule has 0 saturated heterocycles. The van der Waals surface area contributed by atoms with E-state index >= 15 is 0 Å². The van der Waals surface area contributed by atoms with Gasteiger partial charge in [0.25, 0.3) is 6.26 Å². The lowest BCUT2D eigenvalue weighted by Gasteiger charge is -2.28. The summed E-state index contributed by atoms with van der Waals surface area (Å²) in [7, 11) is -2.54. The number of aryl methyl sites for hydroxylation is 1. The SMILES string of the molecule is CCO[Si](CCCc1ccc(OC#N)cc1)(OCC)OCC. The molecular formula is C16H25NO4Si. The van der Waals surface area contributed by atoms with Gasteiger partial charge >= 0.3 is 8.80 Å². The van der Waals surface area contributed by atoms with E-state index in [1.165, 1.54) is 5.56 Å². The number of benzene rings is 1. The van der Waals surface area contributed by atoms with Crippen LogP contribution >= 0.6 is 0 Å². The van der Waals surface area contributed by atoms with Crippen LogP contribution in [0.5, 0.6) is 5.75 Å². The molecule has 22 heavy (non-hydrogen) atoms. The molecule has 0 aliphatic rings. The zero-order valence-corrected chi connectivity index (χ0v) is 14.6. The second kappa shape index (κ2) is 10.4. The molecule has 0 N–H and O–H groups in total. The Balaban J connectivity index is 2.55. The smallest absolute Gasteiger partial charge is 0.388 e. The highest BCUT2D eigenvalue weighted by atomic mass is 28.4. The van der Waals surface area contributed by atoms with E-state index in [2.05, 4.69) is 0 Å². The zero-order chi connectivity index (χ0) is 16.3. The molecule has 1 aromatic rings. The van der Waals surface area contributed by atoms with E-state index in [0.29, 0.717) is 25.6 Å². The van der Waals surface area contributed by atoms with Crippen LogP contribution in [0.1, 0.15) is 32.8 Å². The fourth-order valence-electron chi connectivity index (χ4n) is 2.29. The Morgan fingerprint density at radius 2 is 1.50 bits per heavy atom. The summed E-state index contributed by atoms with van der Waals surface area (Å²) in [5.41, 5.74) is 1.19. The Morgan fingerprint density at radius 1 is 0.955 bits per heavy atom. The molecule has 5 nitrogen and oxygen atoms in total. The summed E-state index contributed by atoms with van der Waals surface area (Å²) in [6.45, 7) is 7.71. The summed E-state index contributed by atoms with van der Waals surface area (Å²) in [5.74, 6) is 0.563. The molecule has 0 aromatic heterocycles. The van der Waals surface area contributed by atoms with Gasteiger partial charge in [-0.1, -0.05) is 12.1 Å². The molecule has 0 unspecified atom stereocenters. The number of rotatable bonds is 11. The van der Waals surface area contributed by atoms with Crippen molar-refractivity contribution in [3.8, 4) is 12.0 Å². The van der Waals surface area contributed by atoms with Gasteiger partial charge in [0.15, 0.2) is 0 Å². The predicted octanol–water partition coefficient (Wildman–Crippen LogP) is 3.53. The molecule has 0 aliphatic carbocycles. The van der Waals surface area contributed by atoms with Crippen LogP contribution in [0.15, 0.2) is 24.3 Å². The van der Waals surface area contributed by atoms with Crippen LogP contribution in [0, 0.1) is 11.5 Å². The van der Waals surface area contributed by atoms with Crippen molar-refractivity contribution in [1.29, 1.82) is 5.26 Å². The Bertz CT molecular complexity index is 441. The van der Waals surface area contributed by atoms with E-state index < -0.39 is 8.80 Å². The van der Waals surface area contributed by atoms with Crippen LogP contribution in [0.2, 0.25) is 6.04 Å². The Hall–Kier alpha value is -1.39. The topological polar surface area (TPSA) is 60.7 Å². The Morgan fingerprint density at radius 3 is 1.95 bits per heavy atom. The summed E-state index contributed by atoms with van der Waals surface area (Å²) in [6, 6.07) is 8.35. The highest BCUT2D eigenvalue weighted by molar-refractivity contribution is 6.60. The molecule has 0 heterocycles. The molecule has 0 bridgehead atoms. The summed E-state index contributed by atoms with van der Waals surface area (Å²) >= 11 is 0. The first-order valence-electron chi connectivity index (χ1n) is 7.76. The fraction of sp³-hybridized carbons (Fsp3) is 0.562. The van der Waals surface area contributed by atoms with Gasteiger partial charge in [0.2, 0.25) is 0 Å². The van der Waals surface area contributed by atoms with Gasteiger partial charge < -0.3 is 18.0 Å². The minimum Gasteiger partial charge on any atom is -0.388 e. The highest BCUT2D eigenvalue weighted by Crippen LogP contribution is 2.20. The summed E-state index contributed by atoms with van der Waals surface area (Å²) in [4.78, 5) is 0. The minimum atomic E-state index is -2.54. The van der Waals surface area contributed by atoms with E-state index in [1.54, 1.807) is 18.4 Å². The lowest BCUT2D eigenvalue weighted by atomic mass is 10.1. The van der Waals surface area contributed by atoms with E-state index in [1.807, 2.05) is 32.9 Å². The third-order valence-corrected chi connectivity index (χ3v) is 6.28. The molecule has 0 spiro atoms. The maximum atomic E-state index is 8.46. The second-order valence-corrected chi connectivity index (χ2v) is 7.40. The first kappa shape index (κ1) is 18.7. The van der Waals surface area contributed by atoms with Crippen LogP contribution in [0.4, 0.5) is 0 Å². The normalized spacial score (nSPS) is 11.2. The van der Waals surface area contributed by atoms with Crippen LogP contribution in [-0.2, 0) is 19.7 Å². The standard InChI is InChI=1S/C16H25NO4Si/c1-4-19-22(20-5-2,21-6-3)13-7-8-15-9-11-16(12-10-15)18-14-17/h9-12H,4-8,13H2,1-3H3. The fourth-order valence-corrected chi connectivity index (χ4v) is 4.90. The van der Waals surface area contributed by atoms with Gasteiger partial charge in [0.1, 0.15) is 5.75 Å². The number of ether oxygens (including phenoxy) is 1. The van der Waals surface area contributed by atoms with Gasteiger partial charge in [-0.2, -0.15) is 0 Å². The molecular weight excluding hydrogens is 298 g/mol. The van der Waals surface area contributed by atoms with Crippen molar-refractivity contribution in [2.24, 2.45) is 0 Å². The lowest BCUT2D eigenvalue weighted by Crippen LogP contribution is -2.46. The Labute approximate surface area is 134 Å². The van der Waals surface area contributed by atoms with Crippen molar-refractivity contribution >= 4 is 8.80 Å². The molecule has 1 aromatic carbocycles. The van der Waals surface area contributed by atoms with Gasteiger partial charge in [0.05, 0.1) is 0 Å². The molecule has 6 heteroatoms. The second-order valence-electron chi connectivity index (χ2n) is 4.67. The predicted molar refractivity (Wildman–Crippen MR) is 86.4 cm³/mol.